The van der Waals surface area contributed by atoms with Crippen molar-refractivity contribution < 1.29 is 24.2 Å². The van der Waals surface area contributed by atoms with Crippen molar-refractivity contribution in [1.82, 2.24) is 0 Å². The lowest BCUT2D eigenvalue weighted by Gasteiger charge is -2.12. The first-order chi connectivity index (χ1) is 14.3. The van der Waals surface area contributed by atoms with E-state index in [0.717, 1.165) is 0 Å². The third kappa shape index (κ3) is 4.31. The second kappa shape index (κ2) is 9.00. The monoisotopic (exact) mass is 428 g/mol. The van der Waals surface area contributed by atoms with Crippen LogP contribution in [0.3, 0.4) is 0 Å². The summed E-state index contributed by atoms with van der Waals surface area (Å²) in [5.41, 5.74) is 2.42. The molecule has 7 nitrogen and oxygen atoms in total. The topological polar surface area (TPSA) is 88.4 Å². The van der Waals surface area contributed by atoms with Crippen LogP contribution < -0.4 is 9.75 Å². The van der Waals surface area contributed by atoms with Crippen LogP contribution in [0.15, 0.2) is 47.1 Å². The Balaban J connectivity index is 1.88. The molecule has 8 heteroatoms. The van der Waals surface area contributed by atoms with Gasteiger partial charge in [0.2, 0.25) is 0 Å². The lowest BCUT2D eigenvalue weighted by molar-refractivity contribution is -0.114. The van der Waals surface area contributed by atoms with Crippen LogP contribution in [-0.2, 0) is 9.53 Å². The summed E-state index contributed by atoms with van der Waals surface area (Å²) in [6, 6.07) is 9.59. The fourth-order valence-electron chi connectivity index (χ4n) is 2.92. The normalized spacial score (nSPS) is 14.8. The van der Waals surface area contributed by atoms with E-state index in [-0.39, 0.29) is 29.0 Å². The van der Waals surface area contributed by atoms with Crippen molar-refractivity contribution >= 4 is 41.0 Å². The number of esters is 1. The molecule has 1 N–H and O–H groups in total. The van der Waals surface area contributed by atoms with E-state index in [1.165, 1.54) is 5.01 Å². The molecule has 0 bridgehead atoms. The number of amides is 1. The van der Waals surface area contributed by atoms with E-state index < -0.39 is 5.97 Å². The van der Waals surface area contributed by atoms with Crippen molar-refractivity contribution in [3.63, 3.8) is 0 Å². The fourth-order valence-corrected chi connectivity index (χ4v) is 3.14. The quantitative estimate of drug-likeness (QED) is 0.543. The molecule has 0 aromatic heterocycles. The predicted molar refractivity (Wildman–Crippen MR) is 115 cm³/mol. The van der Waals surface area contributed by atoms with Gasteiger partial charge in [-0.25, -0.2) is 4.79 Å². The molecule has 1 heterocycles. The molecule has 2 aromatic rings. The Morgan fingerprint density at radius 1 is 1.20 bits per heavy atom. The zero-order valence-electron chi connectivity index (χ0n) is 16.8. The maximum atomic E-state index is 12.9. The van der Waals surface area contributed by atoms with E-state index in [1.54, 1.807) is 63.2 Å². The highest BCUT2D eigenvalue weighted by molar-refractivity contribution is 6.33. The summed E-state index contributed by atoms with van der Waals surface area (Å²) in [5.74, 6) is -0.652. The number of halogens is 1. The Kier molecular flexibility index (Phi) is 6.42. The van der Waals surface area contributed by atoms with Crippen molar-refractivity contribution in [3.05, 3.63) is 58.1 Å². The summed E-state index contributed by atoms with van der Waals surface area (Å²) in [4.78, 5) is 24.7. The van der Waals surface area contributed by atoms with E-state index in [4.69, 9.17) is 21.1 Å². The van der Waals surface area contributed by atoms with Gasteiger partial charge in [0, 0.05) is 0 Å². The standard InChI is InChI=1S/C22H21ClN2O5/c1-4-29-19-12-14(11-18(23)20(19)26)10-17-13(3)24-25(21(17)27)16-8-6-15(7-9-16)22(28)30-5-2/h6-12,26H,4-5H2,1-3H3. The van der Waals surface area contributed by atoms with Crippen LogP contribution in [0.1, 0.15) is 36.7 Å². The largest absolute Gasteiger partial charge is 0.503 e. The van der Waals surface area contributed by atoms with Gasteiger partial charge in [0.15, 0.2) is 11.5 Å². The number of anilines is 1. The van der Waals surface area contributed by atoms with Gasteiger partial charge in [-0.3, -0.25) is 4.79 Å². The van der Waals surface area contributed by atoms with Crippen LogP contribution in [0.2, 0.25) is 5.02 Å². The van der Waals surface area contributed by atoms with Gasteiger partial charge in [0.25, 0.3) is 5.91 Å². The molecular weight excluding hydrogens is 408 g/mol. The average Bonchev–Trinajstić information content (AvgIpc) is 3.00. The molecule has 0 aliphatic carbocycles. The van der Waals surface area contributed by atoms with Crippen LogP contribution >= 0.6 is 11.6 Å². The second-order valence-electron chi connectivity index (χ2n) is 6.41. The summed E-state index contributed by atoms with van der Waals surface area (Å²) in [6.07, 6.45) is 1.64. The SMILES string of the molecule is CCOC(=O)c1ccc(N2N=C(C)C(=Cc3cc(Cl)c(O)c(OCC)c3)C2=O)cc1. The van der Waals surface area contributed by atoms with Gasteiger partial charge in [-0.05, 0) is 68.8 Å². The molecule has 1 aliphatic heterocycles. The smallest absolute Gasteiger partial charge is 0.338 e. The summed E-state index contributed by atoms with van der Waals surface area (Å²) in [6.45, 7) is 5.90. The number of phenols is 1. The summed E-state index contributed by atoms with van der Waals surface area (Å²) >= 11 is 6.08. The summed E-state index contributed by atoms with van der Waals surface area (Å²) < 4.78 is 10.4. The molecule has 156 valence electrons. The number of phenolic OH excluding ortho intramolecular Hbond substituents is 1. The Morgan fingerprint density at radius 2 is 1.90 bits per heavy atom. The number of nitrogens with zero attached hydrogens (tertiary/aromatic N) is 2. The number of aromatic hydroxyl groups is 1. The number of benzene rings is 2. The maximum Gasteiger partial charge on any atom is 0.338 e. The third-order valence-electron chi connectivity index (χ3n) is 4.35. The number of rotatable bonds is 6. The first-order valence-corrected chi connectivity index (χ1v) is 9.77. The van der Waals surface area contributed by atoms with E-state index >= 15 is 0 Å². The van der Waals surface area contributed by atoms with Crippen LogP contribution in [0, 0.1) is 0 Å². The Labute approximate surface area is 179 Å². The van der Waals surface area contributed by atoms with Gasteiger partial charge < -0.3 is 14.6 Å². The molecule has 0 fully saturated rings. The minimum Gasteiger partial charge on any atom is -0.503 e. The molecule has 0 unspecified atom stereocenters. The summed E-state index contributed by atoms with van der Waals surface area (Å²) in [7, 11) is 0. The first kappa shape index (κ1) is 21.4. The van der Waals surface area contributed by atoms with Gasteiger partial charge in [-0.15, -0.1) is 0 Å². The second-order valence-corrected chi connectivity index (χ2v) is 6.82. The van der Waals surface area contributed by atoms with Crippen LogP contribution in [0.4, 0.5) is 5.69 Å². The Hall–Kier alpha value is -3.32. The zero-order chi connectivity index (χ0) is 21.8. The lowest BCUT2D eigenvalue weighted by Crippen LogP contribution is -2.21. The lowest BCUT2D eigenvalue weighted by atomic mass is 10.1. The minimum absolute atomic E-state index is 0.124. The Bertz CT molecular complexity index is 1040. The van der Waals surface area contributed by atoms with Gasteiger partial charge in [0.1, 0.15) is 0 Å². The van der Waals surface area contributed by atoms with Crippen molar-refractivity contribution in [2.75, 3.05) is 18.2 Å². The molecule has 30 heavy (non-hydrogen) atoms. The Morgan fingerprint density at radius 3 is 2.53 bits per heavy atom. The highest BCUT2D eigenvalue weighted by Gasteiger charge is 2.29. The molecule has 3 rings (SSSR count). The highest BCUT2D eigenvalue weighted by atomic mass is 35.5. The number of hydrogen-bond donors (Lipinski definition) is 1. The molecule has 2 aromatic carbocycles. The molecule has 1 amide bonds. The first-order valence-electron chi connectivity index (χ1n) is 9.39. The van der Waals surface area contributed by atoms with Gasteiger partial charge in [0.05, 0.1) is 40.8 Å². The van der Waals surface area contributed by atoms with Gasteiger partial charge >= 0.3 is 5.97 Å². The minimum atomic E-state index is -0.425. The molecule has 0 atom stereocenters. The maximum absolute atomic E-state index is 12.9. The van der Waals surface area contributed by atoms with Crippen LogP contribution in [-0.4, -0.2) is 35.9 Å². The number of carbonyl (C=O) groups excluding carboxylic acids is 2. The zero-order valence-corrected chi connectivity index (χ0v) is 17.6. The number of hydrazone groups is 1. The van der Waals surface area contributed by atoms with E-state index in [9.17, 15) is 14.7 Å². The molecule has 0 radical (unpaired) electrons. The molecular formula is C22H21ClN2O5. The van der Waals surface area contributed by atoms with Crippen molar-refractivity contribution in [3.8, 4) is 11.5 Å². The average molecular weight is 429 g/mol. The van der Waals surface area contributed by atoms with E-state index in [1.807, 2.05) is 0 Å². The third-order valence-corrected chi connectivity index (χ3v) is 4.64. The predicted octanol–water partition coefficient (Wildman–Crippen LogP) is 4.43. The number of carbonyl (C=O) groups is 2. The number of hydrogen-bond acceptors (Lipinski definition) is 6. The van der Waals surface area contributed by atoms with Crippen molar-refractivity contribution in [2.24, 2.45) is 5.10 Å². The highest BCUT2D eigenvalue weighted by Crippen LogP contribution is 2.36. The molecule has 1 aliphatic rings. The molecule has 0 spiro atoms. The van der Waals surface area contributed by atoms with Gasteiger partial charge in [-0.2, -0.15) is 10.1 Å². The fraction of sp³-hybridized carbons (Fsp3) is 0.227. The summed E-state index contributed by atoms with van der Waals surface area (Å²) in [5, 5.41) is 15.7. The van der Waals surface area contributed by atoms with Crippen molar-refractivity contribution in [1.29, 1.82) is 0 Å². The number of ether oxygens (including phenoxy) is 2. The van der Waals surface area contributed by atoms with Crippen molar-refractivity contribution in [2.45, 2.75) is 20.8 Å². The molecule has 0 saturated carbocycles. The van der Waals surface area contributed by atoms with Gasteiger partial charge in [-0.1, -0.05) is 11.6 Å². The molecule has 0 saturated heterocycles. The van der Waals surface area contributed by atoms with Crippen LogP contribution in [0.25, 0.3) is 6.08 Å². The van der Waals surface area contributed by atoms with Crippen LogP contribution in [0.5, 0.6) is 11.5 Å². The van der Waals surface area contributed by atoms with E-state index in [2.05, 4.69) is 5.10 Å². The van der Waals surface area contributed by atoms with E-state index in [0.29, 0.717) is 34.7 Å².